The van der Waals surface area contributed by atoms with E-state index in [-0.39, 0.29) is 18.2 Å². The summed E-state index contributed by atoms with van der Waals surface area (Å²) in [5.41, 5.74) is 4.02. The van der Waals surface area contributed by atoms with Crippen LogP contribution in [0.25, 0.3) is 22.0 Å². The number of hydrogen-bond acceptors (Lipinski definition) is 3. The van der Waals surface area contributed by atoms with E-state index in [1.165, 1.54) is 0 Å². The van der Waals surface area contributed by atoms with E-state index in [1.807, 2.05) is 56.4 Å². The van der Waals surface area contributed by atoms with Crippen LogP contribution in [0.1, 0.15) is 31.2 Å². The van der Waals surface area contributed by atoms with Crippen LogP contribution in [0.3, 0.4) is 0 Å². The van der Waals surface area contributed by atoms with Crippen LogP contribution in [0, 0.1) is 0 Å². The third-order valence-corrected chi connectivity index (χ3v) is 4.50. The summed E-state index contributed by atoms with van der Waals surface area (Å²) in [5, 5.41) is 4.59. The van der Waals surface area contributed by atoms with Crippen molar-refractivity contribution in [2.24, 2.45) is 0 Å². The summed E-state index contributed by atoms with van der Waals surface area (Å²) < 4.78 is 5.69. The Morgan fingerprint density at radius 2 is 2.12 bits per heavy atom. The van der Waals surface area contributed by atoms with Gasteiger partial charge in [0.1, 0.15) is 5.52 Å². The van der Waals surface area contributed by atoms with Crippen molar-refractivity contribution in [3.8, 4) is 0 Å². The SMILES string of the molecule is CC(C)c1nc2cc(NC(=O)Cc3c[nH]c4cc(Cl)ccc34)ccc2o1. The molecule has 0 fully saturated rings. The first-order chi connectivity index (χ1) is 12.5. The molecule has 1 amide bonds. The highest BCUT2D eigenvalue weighted by molar-refractivity contribution is 6.31. The second kappa shape index (κ2) is 6.50. The van der Waals surface area contributed by atoms with Gasteiger partial charge in [0.05, 0.1) is 6.42 Å². The maximum Gasteiger partial charge on any atom is 0.228 e. The standard InChI is InChI=1S/C20H18ClN3O2/c1-11(2)20-24-17-9-14(4-6-18(17)26-20)23-19(25)7-12-10-22-16-8-13(21)3-5-15(12)16/h3-6,8-11,22H,7H2,1-2H3,(H,23,25). The van der Waals surface area contributed by atoms with Gasteiger partial charge in [-0.2, -0.15) is 0 Å². The molecule has 0 aliphatic rings. The van der Waals surface area contributed by atoms with E-state index in [0.717, 1.165) is 27.6 Å². The van der Waals surface area contributed by atoms with Crippen molar-refractivity contribution in [2.75, 3.05) is 5.32 Å². The number of fused-ring (bicyclic) bond motifs is 2. The Morgan fingerprint density at radius 3 is 2.92 bits per heavy atom. The third-order valence-electron chi connectivity index (χ3n) is 4.26. The number of rotatable bonds is 4. The zero-order valence-electron chi connectivity index (χ0n) is 14.5. The van der Waals surface area contributed by atoms with E-state index in [9.17, 15) is 4.79 Å². The molecule has 2 aromatic heterocycles. The average molecular weight is 368 g/mol. The number of halogens is 1. The van der Waals surface area contributed by atoms with E-state index in [1.54, 1.807) is 0 Å². The molecule has 0 radical (unpaired) electrons. The number of nitrogens with zero attached hydrogens (tertiary/aromatic N) is 1. The highest BCUT2D eigenvalue weighted by Gasteiger charge is 2.12. The first kappa shape index (κ1) is 16.7. The molecule has 26 heavy (non-hydrogen) atoms. The summed E-state index contributed by atoms with van der Waals surface area (Å²) >= 11 is 6.00. The maximum atomic E-state index is 12.4. The highest BCUT2D eigenvalue weighted by atomic mass is 35.5. The lowest BCUT2D eigenvalue weighted by molar-refractivity contribution is -0.115. The Morgan fingerprint density at radius 1 is 1.27 bits per heavy atom. The Labute approximate surface area is 155 Å². The van der Waals surface area contributed by atoms with Crippen LogP contribution in [-0.2, 0) is 11.2 Å². The molecular weight excluding hydrogens is 350 g/mol. The van der Waals surface area contributed by atoms with Gasteiger partial charge in [0.2, 0.25) is 5.91 Å². The number of nitrogens with one attached hydrogen (secondary N) is 2. The van der Waals surface area contributed by atoms with Crippen molar-refractivity contribution in [1.29, 1.82) is 0 Å². The van der Waals surface area contributed by atoms with Gasteiger partial charge in [-0.25, -0.2) is 4.98 Å². The van der Waals surface area contributed by atoms with Crippen molar-refractivity contribution in [2.45, 2.75) is 26.2 Å². The second-order valence-corrected chi connectivity index (χ2v) is 7.05. The molecule has 0 saturated heterocycles. The number of aromatic nitrogens is 2. The van der Waals surface area contributed by atoms with E-state index in [0.29, 0.717) is 16.6 Å². The Bertz CT molecular complexity index is 1110. The zero-order valence-corrected chi connectivity index (χ0v) is 15.2. The average Bonchev–Trinajstić information content (AvgIpc) is 3.18. The van der Waals surface area contributed by atoms with Crippen molar-refractivity contribution in [3.63, 3.8) is 0 Å². The first-order valence-electron chi connectivity index (χ1n) is 8.45. The van der Waals surface area contributed by atoms with Gasteiger partial charge in [0.15, 0.2) is 11.5 Å². The largest absolute Gasteiger partial charge is 0.440 e. The lowest BCUT2D eigenvalue weighted by Gasteiger charge is -2.04. The predicted octanol–water partition coefficient (Wildman–Crippen LogP) is 5.27. The fraction of sp³-hybridized carbons (Fsp3) is 0.200. The quantitative estimate of drug-likeness (QED) is 0.516. The molecule has 6 heteroatoms. The number of aromatic amines is 1. The summed E-state index contributed by atoms with van der Waals surface area (Å²) in [6, 6.07) is 11.1. The molecule has 0 atom stereocenters. The van der Waals surface area contributed by atoms with E-state index in [2.05, 4.69) is 15.3 Å². The molecule has 5 nitrogen and oxygen atoms in total. The molecule has 0 bridgehead atoms. The van der Waals surface area contributed by atoms with Gasteiger partial charge in [-0.05, 0) is 35.9 Å². The van der Waals surface area contributed by atoms with Gasteiger partial charge in [-0.1, -0.05) is 31.5 Å². The van der Waals surface area contributed by atoms with Crippen LogP contribution in [0.2, 0.25) is 5.02 Å². The molecule has 0 spiro atoms. The molecule has 132 valence electrons. The van der Waals surface area contributed by atoms with Crippen LogP contribution in [-0.4, -0.2) is 15.9 Å². The van der Waals surface area contributed by atoms with E-state index < -0.39 is 0 Å². The number of hydrogen-bond donors (Lipinski definition) is 2. The van der Waals surface area contributed by atoms with Crippen LogP contribution in [0.5, 0.6) is 0 Å². The molecule has 0 saturated carbocycles. The summed E-state index contributed by atoms with van der Waals surface area (Å²) in [5.74, 6) is 0.824. The van der Waals surface area contributed by atoms with E-state index >= 15 is 0 Å². The molecule has 0 aliphatic carbocycles. The van der Waals surface area contributed by atoms with Crippen LogP contribution >= 0.6 is 11.6 Å². The number of anilines is 1. The van der Waals surface area contributed by atoms with Crippen LogP contribution < -0.4 is 5.32 Å². The number of H-pyrrole nitrogens is 1. The van der Waals surface area contributed by atoms with Crippen molar-refractivity contribution < 1.29 is 9.21 Å². The lowest BCUT2D eigenvalue weighted by atomic mass is 10.1. The highest BCUT2D eigenvalue weighted by Crippen LogP contribution is 2.25. The molecule has 2 aromatic carbocycles. The van der Waals surface area contributed by atoms with Gasteiger partial charge in [-0.15, -0.1) is 0 Å². The predicted molar refractivity (Wildman–Crippen MR) is 104 cm³/mol. The molecular formula is C20H18ClN3O2. The number of benzene rings is 2. The number of amides is 1. The minimum Gasteiger partial charge on any atom is -0.440 e. The first-order valence-corrected chi connectivity index (χ1v) is 8.83. The summed E-state index contributed by atoms with van der Waals surface area (Å²) in [7, 11) is 0. The fourth-order valence-corrected chi connectivity index (χ4v) is 3.12. The summed E-state index contributed by atoms with van der Waals surface area (Å²) in [4.78, 5) is 20.1. The Kier molecular flexibility index (Phi) is 4.17. The van der Waals surface area contributed by atoms with Gasteiger partial charge < -0.3 is 14.7 Å². The molecule has 2 heterocycles. The lowest BCUT2D eigenvalue weighted by Crippen LogP contribution is -2.14. The normalized spacial score (nSPS) is 11.5. The van der Waals surface area contributed by atoms with Crippen LogP contribution in [0.15, 0.2) is 47.0 Å². The monoisotopic (exact) mass is 367 g/mol. The number of oxazole rings is 1. The maximum absolute atomic E-state index is 12.4. The van der Waals surface area contributed by atoms with Crippen LogP contribution in [0.4, 0.5) is 5.69 Å². The topological polar surface area (TPSA) is 70.9 Å². The molecule has 4 aromatic rings. The minimum atomic E-state index is -0.0900. The Balaban J connectivity index is 1.53. The molecule has 4 rings (SSSR count). The van der Waals surface area contributed by atoms with Gasteiger partial charge >= 0.3 is 0 Å². The van der Waals surface area contributed by atoms with Crippen molar-refractivity contribution >= 4 is 45.2 Å². The fourth-order valence-electron chi connectivity index (χ4n) is 2.95. The van der Waals surface area contributed by atoms with Gasteiger partial charge in [-0.3, -0.25) is 4.79 Å². The zero-order chi connectivity index (χ0) is 18.3. The summed E-state index contributed by atoms with van der Waals surface area (Å²) in [6.45, 7) is 4.06. The Hall–Kier alpha value is -2.79. The summed E-state index contributed by atoms with van der Waals surface area (Å²) in [6.07, 6.45) is 2.12. The molecule has 0 aliphatic heterocycles. The second-order valence-electron chi connectivity index (χ2n) is 6.62. The third kappa shape index (κ3) is 3.18. The molecule has 0 unspecified atom stereocenters. The number of carbonyl (C=O) groups is 1. The van der Waals surface area contributed by atoms with Gasteiger partial charge in [0, 0.05) is 33.7 Å². The van der Waals surface area contributed by atoms with E-state index in [4.69, 9.17) is 16.0 Å². The molecule has 2 N–H and O–H groups in total. The van der Waals surface area contributed by atoms with Crippen molar-refractivity contribution in [3.05, 3.63) is 59.1 Å². The minimum absolute atomic E-state index is 0.0900. The van der Waals surface area contributed by atoms with Crippen molar-refractivity contribution in [1.82, 2.24) is 9.97 Å². The van der Waals surface area contributed by atoms with Gasteiger partial charge in [0.25, 0.3) is 0 Å². The number of carbonyl (C=O) groups excluding carboxylic acids is 1. The smallest absolute Gasteiger partial charge is 0.228 e.